The van der Waals surface area contributed by atoms with Crippen molar-refractivity contribution in [1.82, 2.24) is 0 Å². The molecule has 1 rings (SSSR count). The van der Waals surface area contributed by atoms with Gasteiger partial charge in [-0.15, -0.1) is 0 Å². The van der Waals surface area contributed by atoms with Crippen LogP contribution in [0.2, 0.25) is 0 Å². The SMILES string of the molecule is COCCOCC(N)(C#N)c1ccccc1. The summed E-state index contributed by atoms with van der Waals surface area (Å²) in [4.78, 5) is 0. The van der Waals surface area contributed by atoms with Gasteiger partial charge in [0, 0.05) is 7.11 Å². The third-order valence-corrected chi connectivity index (χ3v) is 2.25. The molecule has 1 aromatic rings. The molecular formula is C12H16N2O2. The van der Waals surface area contributed by atoms with E-state index in [1.165, 1.54) is 0 Å². The molecule has 0 aromatic heterocycles. The summed E-state index contributed by atoms with van der Waals surface area (Å²) >= 11 is 0. The maximum Gasteiger partial charge on any atom is 0.153 e. The van der Waals surface area contributed by atoms with Gasteiger partial charge in [0.15, 0.2) is 5.54 Å². The van der Waals surface area contributed by atoms with Crippen LogP contribution in [0.15, 0.2) is 30.3 Å². The molecule has 0 saturated heterocycles. The summed E-state index contributed by atoms with van der Waals surface area (Å²) in [5, 5.41) is 9.11. The molecule has 0 amide bonds. The van der Waals surface area contributed by atoms with Crippen molar-refractivity contribution in [3.05, 3.63) is 35.9 Å². The van der Waals surface area contributed by atoms with Gasteiger partial charge in [-0.1, -0.05) is 30.3 Å². The van der Waals surface area contributed by atoms with E-state index in [4.69, 9.17) is 20.5 Å². The van der Waals surface area contributed by atoms with E-state index in [2.05, 4.69) is 6.07 Å². The number of nitrogens with zero attached hydrogens (tertiary/aromatic N) is 1. The maximum atomic E-state index is 9.11. The van der Waals surface area contributed by atoms with E-state index >= 15 is 0 Å². The van der Waals surface area contributed by atoms with Gasteiger partial charge in [0.1, 0.15) is 0 Å². The first kappa shape index (κ1) is 12.7. The van der Waals surface area contributed by atoms with Crippen LogP contribution in [-0.2, 0) is 15.0 Å². The Balaban J connectivity index is 2.61. The summed E-state index contributed by atoms with van der Waals surface area (Å²) in [6.07, 6.45) is 0. The van der Waals surface area contributed by atoms with Gasteiger partial charge >= 0.3 is 0 Å². The molecular weight excluding hydrogens is 204 g/mol. The summed E-state index contributed by atoms with van der Waals surface area (Å²) < 4.78 is 10.2. The Kier molecular flexibility index (Phi) is 4.93. The van der Waals surface area contributed by atoms with Crippen molar-refractivity contribution in [1.29, 1.82) is 5.26 Å². The van der Waals surface area contributed by atoms with E-state index in [1.807, 2.05) is 30.3 Å². The topological polar surface area (TPSA) is 68.3 Å². The normalized spacial score (nSPS) is 14.1. The van der Waals surface area contributed by atoms with Gasteiger partial charge in [0.2, 0.25) is 0 Å². The van der Waals surface area contributed by atoms with Crippen LogP contribution in [-0.4, -0.2) is 26.9 Å². The number of benzene rings is 1. The summed E-state index contributed by atoms with van der Waals surface area (Å²) in [7, 11) is 1.60. The molecule has 2 N–H and O–H groups in total. The number of ether oxygens (including phenoxy) is 2. The zero-order valence-electron chi connectivity index (χ0n) is 9.35. The lowest BCUT2D eigenvalue weighted by molar-refractivity contribution is 0.0530. The van der Waals surface area contributed by atoms with Crippen molar-refractivity contribution in [3.63, 3.8) is 0 Å². The number of rotatable bonds is 6. The average molecular weight is 220 g/mol. The molecule has 0 fully saturated rings. The van der Waals surface area contributed by atoms with E-state index in [-0.39, 0.29) is 6.61 Å². The molecule has 0 spiro atoms. The molecule has 0 aliphatic carbocycles. The quantitative estimate of drug-likeness (QED) is 0.727. The maximum absolute atomic E-state index is 9.11. The Morgan fingerprint density at radius 1 is 1.31 bits per heavy atom. The molecule has 1 unspecified atom stereocenters. The van der Waals surface area contributed by atoms with Gasteiger partial charge < -0.3 is 15.2 Å². The number of methoxy groups -OCH3 is 1. The molecule has 86 valence electrons. The standard InChI is InChI=1S/C12H16N2O2/c1-15-7-8-16-10-12(14,9-13)11-5-3-2-4-6-11/h2-6H,7-8,10,14H2,1H3. The van der Waals surface area contributed by atoms with Crippen LogP contribution in [0.4, 0.5) is 0 Å². The Bertz CT molecular complexity index is 348. The fourth-order valence-electron chi connectivity index (χ4n) is 1.29. The molecule has 0 saturated carbocycles. The van der Waals surface area contributed by atoms with Crippen LogP contribution in [0.3, 0.4) is 0 Å². The van der Waals surface area contributed by atoms with Gasteiger partial charge in [0.25, 0.3) is 0 Å². The highest BCUT2D eigenvalue weighted by molar-refractivity contribution is 5.30. The largest absolute Gasteiger partial charge is 0.382 e. The fraction of sp³-hybridized carbons (Fsp3) is 0.417. The van der Waals surface area contributed by atoms with E-state index in [1.54, 1.807) is 7.11 Å². The third-order valence-electron chi connectivity index (χ3n) is 2.25. The second-order valence-corrected chi connectivity index (χ2v) is 3.49. The molecule has 0 radical (unpaired) electrons. The van der Waals surface area contributed by atoms with E-state index < -0.39 is 5.54 Å². The summed E-state index contributed by atoms with van der Waals surface area (Å²) in [6.45, 7) is 1.09. The minimum absolute atomic E-state index is 0.164. The second-order valence-electron chi connectivity index (χ2n) is 3.49. The van der Waals surface area contributed by atoms with Crippen molar-refractivity contribution in [3.8, 4) is 6.07 Å². The molecule has 0 heterocycles. The molecule has 1 aromatic carbocycles. The monoisotopic (exact) mass is 220 g/mol. The second kappa shape index (κ2) is 6.23. The lowest BCUT2D eigenvalue weighted by Crippen LogP contribution is -2.40. The molecule has 0 bridgehead atoms. The van der Waals surface area contributed by atoms with Crippen LogP contribution in [0, 0.1) is 11.3 Å². The van der Waals surface area contributed by atoms with Gasteiger partial charge in [-0.2, -0.15) is 5.26 Å². The fourth-order valence-corrected chi connectivity index (χ4v) is 1.29. The van der Waals surface area contributed by atoms with Crippen LogP contribution in [0.1, 0.15) is 5.56 Å². The molecule has 16 heavy (non-hydrogen) atoms. The van der Waals surface area contributed by atoms with Crippen LogP contribution >= 0.6 is 0 Å². The Morgan fingerprint density at radius 3 is 2.56 bits per heavy atom. The molecule has 0 aliphatic heterocycles. The van der Waals surface area contributed by atoms with Gasteiger partial charge in [0.05, 0.1) is 25.9 Å². The highest BCUT2D eigenvalue weighted by atomic mass is 16.5. The van der Waals surface area contributed by atoms with Crippen molar-refractivity contribution in [2.24, 2.45) is 5.73 Å². The van der Waals surface area contributed by atoms with Crippen molar-refractivity contribution in [2.75, 3.05) is 26.9 Å². The summed E-state index contributed by atoms with van der Waals surface area (Å²) in [6, 6.07) is 11.3. The molecule has 1 atom stereocenters. The Morgan fingerprint density at radius 2 is 2.00 bits per heavy atom. The smallest absolute Gasteiger partial charge is 0.153 e. The Hall–Kier alpha value is -1.41. The highest BCUT2D eigenvalue weighted by Crippen LogP contribution is 2.17. The molecule has 4 nitrogen and oxygen atoms in total. The first-order valence-electron chi connectivity index (χ1n) is 5.05. The summed E-state index contributed by atoms with van der Waals surface area (Å²) in [5.74, 6) is 0. The lowest BCUT2D eigenvalue weighted by Gasteiger charge is -2.21. The first-order valence-corrected chi connectivity index (χ1v) is 5.05. The van der Waals surface area contributed by atoms with Crippen LogP contribution in [0.25, 0.3) is 0 Å². The molecule has 0 aliphatic rings. The molecule has 4 heteroatoms. The van der Waals surface area contributed by atoms with Gasteiger partial charge in [-0.05, 0) is 5.56 Å². The predicted octanol–water partition coefficient (Wildman–Crippen LogP) is 1.03. The zero-order valence-corrected chi connectivity index (χ0v) is 9.35. The van der Waals surface area contributed by atoms with Gasteiger partial charge in [-0.25, -0.2) is 0 Å². The highest BCUT2D eigenvalue weighted by Gasteiger charge is 2.27. The van der Waals surface area contributed by atoms with E-state index in [0.29, 0.717) is 13.2 Å². The minimum Gasteiger partial charge on any atom is -0.382 e. The van der Waals surface area contributed by atoms with E-state index in [0.717, 1.165) is 5.56 Å². The van der Waals surface area contributed by atoms with Crippen molar-refractivity contribution in [2.45, 2.75) is 5.54 Å². The van der Waals surface area contributed by atoms with Crippen molar-refractivity contribution < 1.29 is 9.47 Å². The van der Waals surface area contributed by atoms with E-state index in [9.17, 15) is 0 Å². The van der Waals surface area contributed by atoms with Crippen LogP contribution in [0.5, 0.6) is 0 Å². The van der Waals surface area contributed by atoms with Gasteiger partial charge in [-0.3, -0.25) is 0 Å². The van der Waals surface area contributed by atoms with Crippen LogP contribution < -0.4 is 5.73 Å². The first-order chi connectivity index (χ1) is 7.73. The minimum atomic E-state index is -1.09. The number of nitrogens with two attached hydrogens (primary N) is 1. The number of hydrogen-bond acceptors (Lipinski definition) is 4. The predicted molar refractivity (Wildman–Crippen MR) is 60.6 cm³/mol. The lowest BCUT2D eigenvalue weighted by atomic mass is 9.94. The zero-order chi connectivity index (χ0) is 11.9. The average Bonchev–Trinajstić information content (AvgIpc) is 2.35. The summed E-state index contributed by atoms with van der Waals surface area (Å²) in [5.41, 5.74) is 5.64. The Labute approximate surface area is 95.6 Å². The number of hydrogen-bond donors (Lipinski definition) is 1. The number of nitriles is 1. The van der Waals surface area contributed by atoms with Crippen molar-refractivity contribution >= 4 is 0 Å². The third kappa shape index (κ3) is 3.31.